The maximum atomic E-state index is 13.9. The molecule has 6 rings (SSSR count). The normalized spacial score (nSPS) is 24.4. The van der Waals surface area contributed by atoms with Gasteiger partial charge in [-0.15, -0.1) is 0 Å². The molecule has 0 unspecified atom stereocenters. The zero-order valence-corrected chi connectivity index (χ0v) is 20.4. The van der Waals surface area contributed by atoms with Crippen LogP contribution in [0.25, 0.3) is 6.08 Å². The third kappa shape index (κ3) is 3.37. The number of carbonyl (C=O) groups excluding carboxylic acids is 3. The number of hydrogen-bond acceptors (Lipinski definition) is 4. The lowest BCUT2D eigenvalue weighted by molar-refractivity contribution is -0.122. The molecule has 3 aromatic carbocycles. The van der Waals surface area contributed by atoms with Crippen molar-refractivity contribution in [2.24, 2.45) is 11.8 Å². The lowest BCUT2D eigenvalue weighted by Crippen LogP contribution is -2.48. The Bertz CT molecular complexity index is 1420. The lowest BCUT2D eigenvalue weighted by atomic mass is 9.86. The second-order valence-electron chi connectivity index (χ2n) is 8.82. The van der Waals surface area contributed by atoms with E-state index >= 15 is 0 Å². The average molecular weight is 552 g/mol. The van der Waals surface area contributed by atoms with Crippen molar-refractivity contribution >= 4 is 62.6 Å². The van der Waals surface area contributed by atoms with Gasteiger partial charge in [0.2, 0.25) is 11.8 Å². The van der Waals surface area contributed by atoms with E-state index in [2.05, 4.69) is 15.9 Å². The van der Waals surface area contributed by atoms with Gasteiger partial charge in [-0.25, -0.2) is 9.29 Å². The van der Waals surface area contributed by atoms with E-state index in [0.717, 1.165) is 20.6 Å². The van der Waals surface area contributed by atoms with Gasteiger partial charge in [0.15, 0.2) is 5.78 Å². The first-order chi connectivity index (χ1) is 16.8. The van der Waals surface area contributed by atoms with E-state index in [-0.39, 0.29) is 5.78 Å². The summed E-state index contributed by atoms with van der Waals surface area (Å²) in [6.45, 7) is 0. The van der Waals surface area contributed by atoms with Crippen LogP contribution in [0.2, 0.25) is 5.02 Å². The first-order valence-corrected chi connectivity index (χ1v) is 12.2. The molecule has 3 aliphatic rings. The molecule has 5 nitrogen and oxygen atoms in total. The minimum atomic E-state index is -0.891. The maximum Gasteiger partial charge on any atom is 0.240 e. The average Bonchev–Trinajstić information content (AvgIpc) is 3.32. The number of hydrogen-bond donors (Lipinski definition) is 0. The van der Waals surface area contributed by atoms with Gasteiger partial charge >= 0.3 is 0 Å². The highest BCUT2D eigenvalue weighted by Crippen LogP contribution is 2.50. The van der Waals surface area contributed by atoms with Crippen molar-refractivity contribution in [2.75, 3.05) is 9.80 Å². The van der Waals surface area contributed by atoms with Gasteiger partial charge in [-0.1, -0.05) is 51.8 Å². The number of fused-ring (bicyclic) bond motifs is 5. The van der Waals surface area contributed by atoms with E-state index in [0.29, 0.717) is 16.3 Å². The highest BCUT2D eigenvalue weighted by molar-refractivity contribution is 9.10. The summed E-state index contributed by atoms with van der Waals surface area (Å²) in [5.74, 6) is -3.20. The Morgan fingerprint density at radius 1 is 0.914 bits per heavy atom. The van der Waals surface area contributed by atoms with Crippen LogP contribution in [0.1, 0.15) is 15.9 Å². The fourth-order valence-electron chi connectivity index (χ4n) is 5.47. The Morgan fingerprint density at radius 3 is 2.31 bits per heavy atom. The van der Waals surface area contributed by atoms with Gasteiger partial charge in [0.25, 0.3) is 0 Å². The third-order valence-electron chi connectivity index (χ3n) is 6.95. The van der Waals surface area contributed by atoms with E-state index in [4.69, 9.17) is 11.6 Å². The predicted octanol–water partition coefficient (Wildman–Crippen LogP) is 5.51. The molecule has 8 heteroatoms. The monoisotopic (exact) mass is 550 g/mol. The van der Waals surface area contributed by atoms with Gasteiger partial charge in [0, 0.05) is 20.7 Å². The third-order valence-corrected chi connectivity index (χ3v) is 7.71. The smallest absolute Gasteiger partial charge is 0.240 e. The Labute approximate surface area is 213 Å². The van der Waals surface area contributed by atoms with Gasteiger partial charge in [-0.05, 0) is 60.2 Å². The number of rotatable bonds is 3. The highest BCUT2D eigenvalue weighted by atomic mass is 79.9. The molecule has 2 fully saturated rings. The molecule has 174 valence electrons. The number of amides is 2. The molecule has 4 atom stereocenters. The zero-order valence-electron chi connectivity index (χ0n) is 18.1. The molecule has 2 amide bonds. The van der Waals surface area contributed by atoms with Crippen molar-refractivity contribution < 1.29 is 18.8 Å². The Balaban J connectivity index is 1.49. The number of nitrogens with zero attached hydrogens (tertiary/aromatic N) is 2. The number of benzene rings is 3. The molecule has 0 radical (unpaired) electrons. The molecule has 3 aromatic rings. The van der Waals surface area contributed by atoms with Crippen LogP contribution >= 0.6 is 27.5 Å². The molecular weight excluding hydrogens is 535 g/mol. The van der Waals surface area contributed by atoms with Crippen molar-refractivity contribution in [3.05, 3.63) is 99.2 Å². The molecule has 0 N–H and O–H groups in total. The number of imide groups is 1. The Kier molecular flexibility index (Phi) is 5.16. The van der Waals surface area contributed by atoms with Crippen LogP contribution in [0.15, 0.2) is 77.3 Å². The molecule has 0 spiro atoms. The van der Waals surface area contributed by atoms with E-state index in [9.17, 15) is 18.8 Å². The van der Waals surface area contributed by atoms with E-state index < -0.39 is 41.6 Å². The zero-order chi connectivity index (χ0) is 24.4. The van der Waals surface area contributed by atoms with Crippen LogP contribution in [0.5, 0.6) is 0 Å². The van der Waals surface area contributed by atoms with Gasteiger partial charge < -0.3 is 4.90 Å². The fourth-order valence-corrected chi connectivity index (χ4v) is 5.92. The quantitative estimate of drug-likeness (QED) is 0.318. The fraction of sp³-hybridized carbons (Fsp3) is 0.148. The van der Waals surface area contributed by atoms with E-state index in [1.165, 1.54) is 24.3 Å². The van der Waals surface area contributed by atoms with Crippen molar-refractivity contribution in [2.45, 2.75) is 12.1 Å². The SMILES string of the molecule is O=C(c1ccc(Br)cc1)[C@H]1[C@H]2C(=O)N(c3ccc(F)cc3)C(=O)[C@H]2[C@@H]2C=Cc3cc(Cl)ccc3N21. The van der Waals surface area contributed by atoms with Crippen LogP contribution in [0, 0.1) is 17.7 Å². The topological polar surface area (TPSA) is 57.7 Å². The first-order valence-electron chi connectivity index (χ1n) is 11.0. The summed E-state index contributed by atoms with van der Waals surface area (Å²) in [6.07, 6.45) is 3.74. The van der Waals surface area contributed by atoms with E-state index in [1.807, 2.05) is 23.1 Å². The molecule has 35 heavy (non-hydrogen) atoms. The summed E-state index contributed by atoms with van der Waals surface area (Å²) in [5.41, 5.74) is 2.31. The van der Waals surface area contributed by atoms with Gasteiger partial charge in [-0.2, -0.15) is 0 Å². The summed E-state index contributed by atoms with van der Waals surface area (Å²) >= 11 is 9.59. The summed E-state index contributed by atoms with van der Waals surface area (Å²) < 4.78 is 14.3. The summed E-state index contributed by atoms with van der Waals surface area (Å²) in [7, 11) is 0. The van der Waals surface area contributed by atoms with Crippen molar-refractivity contribution in [3.63, 3.8) is 0 Å². The minimum Gasteiger partial charge on any atom is -0.352 e. The minimum absolute atomic E-state index is 0.242. The summed E-state index contributed by atoms with van der Waals surface area (Å²) in [6, 6.07) is 16.2. The highest BCUT2D eigenvalue weighted by Gasteiger charge is 2.64. The molecule has 3 aliphatic heterocycles. The van der Waals surface area contributed by atoms with Crippen LogP contribution in [0.3, 0.4) is 0 Å². The molecule has 3 heterocycles. The molecular formula is C27H17BrClFN2O3. The van der Waals surface area contributed by atoms with Gasteiger partial charge in [0.05, 0.1) is 23.6 Å². The van der Waals surface area contributed by atoms with Crippen molar-refractivity contribution in [3.8, 4) is 0 Å². The molecule has 0 saturated carbocycles. The number of Topliss-reactive ketones (excluding diaryl/α,β-unsaturated/α-hetero) is 1. The van der Waals surface area contributed by atoms with Crippen LogP contribution in [-0.4, -0.2) is 29.7 Å². The maximum absolute atomic E-state index is 13.9. The predicted molar refractivity (Wildman–Crippen MR) is 135 cm³/mol. The summed E-state index contributed by atoms with van der Waals surface area (Å²) in [4.78, 5) is 44.4. The molecule has 0 aliphatic carbocycles. The molecule has 2 saturated heterocycles. The van der Waals surface area contributed by atoms with Crippen LogP contribution < -0.4 is 9.80 Å². The second-order valence-corrected chi connectivity index (χ2v) is 10.2. The largest absolute Gasteiger partial charge is 0.352 e. The van der Waals surface area contributed by atoms with Gasteiger partial charge in [-0.3, -0.25) is 14.4 Å². The van der Waals surface area contributed by atoms with Crippen LogP contribution in [0.4, 0.5) is 15.8 Å². The summed E-state index contributed by atoms with van der Waals surface area (Å²) in [5, 5.41) is 0.552. The number of halogens is 3. The van der Waals surface area contributed by atoms with Crippen LogP contribution in [-0.2, 0) is 9.59 Å². The molecule has 0 bridgehead atoms. The van der Waals surface area contributed by atoms with Gasteiger partial charge in [0.1, 0.15) is 11.9 Å². The van der Waals surface area contributed by atoms with E-state index in [1.54, 1.807) is 36.4 Å². The first kappa shape index (κ1) is 22.2. The Hall–Kier alpha value is -3.29. The number of carbonyl (C=O) groups is 3. The Morgan fingerprint density at radius 2 is 1.60 bits per heavy atom. The standard InChI is InChI=1S/C27H17BrClFN2O3/c28-16-4-1-14(2-5-16)25(33)24-23-22(21-11-3-15-13-17(29)6-12-20(15)32(21)24)26(34)31(27(23)35)19-9-7-18(30)8-10-19/h1-13,21-24H/t21-,22-,23-,24+/m0/s1. The number of ketones is 1. The molecule has 0 aromatic heterocycles. The second kappa shape index (κ2) is 8.14. The van der Waals surface area contributed by atoms with Crippen molar-refractivity contribution in [1.29, 1.82) is 0 Å². The van der Waals surface area contributed by atoms with Crippen molar-refractivity contribution in [1.82, 2.24) is 0 Å². The lowest BCUT2D eigenvalue weighted by Gasteiger charge is -2.36. The number of anilines is 2.